The number of phenolic OH excluding ortho intramolecular Hbond substituents is 2. The van der Waals surface area contributed by atoms with E-state index in [0.717, 1.165) is 32.2 Å². The average molecular weight is 545 g/mol. The molecule has 1 aliphatic rings. The van der Waals surface area contributed by atoms with Crippen LogP contribution < -0.4 is 5.46 Å². The minimum absolute atomic E-state index is 0.283. The van der Waals surface area contributed by atoms with Crippen molar-refractivity contribution in [3.8, 4) is 33.8 Å². The summed E-state index contributed by atoms with van der Waals surface area (Å²) in [4.78, 5) is 0. The summed E-state index contributed by atoms with van der Waals surface area (Å²) >= 11 is 3.37. The van der Waals surface area contributed by atoms with Crippen LogP contribution in [0, 0.1) is 0 Å². The lowest BCUT2D eigenvalue weighted by Gasteiger charge is -2.32. The summed E-state index contributed by atoms with van der Waals surface area (Å²) < 4.78 is 13.1. The number of hydrogen-bond donors (Lipinski definition) is 2. The zero-order chi connectivity index (χ0) is 25.9. The van der Waals surface area contributed by atoms with Crippen molar-refractivity contribution in [3.05, 3.63) is 102 Å². The first-order valence-electron chi connectivity index (χ1n) is 11.9. The van der Waals surface area contributed by atoms with E-state index in [2.05, 4.69) is 15.9 Å². The van der Waals surface area contributed by atoms with Crippen molar-refractivity contribution in [1.29, 1.82) is 0 Å². The minimum Gasteiger partial charge on any atom is -0.507 e. The fourth-order valence-corrected chi connectivity index (χ4v) is 4.13. The van der Waals surface area contributed by atoms with E-state index in [1.54, 1.807) is 12.1 Å². The van der Waals surface area contributed by atoms with E-state index in [0.29, 0.717) is 5.75 Å². The molecule has 1 aliphatic heterocycles. The molecule has 0 amide bonds. The van der Waals surface area contributed by atoms with Crippen molar-refractivity contribution >= 4 is 28.5 Å². The van der Waals surface area contributed by atoms with Crippen molar-refractivity contribution in [2.75, 3.05) is 0 Å². The van der Waals surface area contributed by atoms with Crippen LogP contribution in [0.3, 0.4) is 0 Å². The first-order chi connectivity index (χ1) is 17.1. The molecule has 0 saturated carbocycles. The SMILES string of the molecule is CC1(C)OB(c2ccc(-c3ccccc3O)cc2)OC1(C)C.Oc1ccccc1-c1ccc(Br)cc1. The molecular weight excluding hydrogens is 515 g/mol. The summed E-state index contributed by atoms with van der Waals surface area (Å²) in [5.74, 6) is 0.598. The van der Waals surface area contributed by atoms with E-state index in [9.17, 15) is 10.2 Å². The molecule has 4 aromatic carbocycles. The van der Waals surface area contributed by atoms with Crippen LogP contribution in [-0.2, 0) is 9.31 Å². The second kappa shape index (κ2) is 10.5. The van der Waals surface area contributed by atoms with Gasteiger partial charge in [-0.05, 0) is 68.6 Å². The molecule has 1 heterocycles. The van der Waals surface area contributed by atoms with Crippen molar-refractivity contribution in [1.82, 2.24) is 0 Å². The first kappa shape index (κ1) is 26.0. The van der Waals surface area contributed by atoms with Gasteiger partial charge in [0.25, 0.3) is 0 Å². The van der Waals surface area contributed by atoms with E-state index in [4.69, 9.17) is 9.31 Å². The molecule has 0 spiro atoms. The van der Waals surface area contributed by atoms with Gasteiger partial charge < -0.3 is 19.5 Å². The Morgan fingerprint density at radius 3 is 1.39 bits per heavy atom. The van der Waals surface area contributed by atoms with Crippen LogP contribution >= 0.6 is 15.9 Å². The summed E-state index contributed by atoms with van der Waals surface area (Å²) in [6.07, 6.45) is 0. The van der Waals surface area contributed by atoms with Gasteiger partial charge in [-0.3, -0.25) is 0 Å². The van der Waals surface area contributed by atoms with Crippen LogP contribution in [0.5, 0.6) is 11.5 Å². The Kier molecular flexibility index (Phi) is 7.60. The van der Waals surface area contributed by atoms with Gasteiger partial charge >= 0.3 is 7.12 Å². The van der Waals surface area contributed by atoms with Crippen LogP contribution in [0.4, 0.5) is 0 Å². The smallest absolute Gasteiger partial charge is 0.494 e. The van der Waals surface area contributed by atoms with Crippen molar-refractivity contribution in [2.45, 2.75) is 38.9 Å². The first-order valence-corrected chi connectivity index (χ1v) is 12.6. The molecule has 2 N–H and O–H groups in total. The predicted molar refractivity (Wildman–Crippen MR) is 151 cm³/mol. The molecule has 4 aromatic rings. The Hall–Kier alpha value is -3.06. The molecule has 5 rings (SSSR count). The molecule has 36 heavy (non-hydrogen) atoms. The lowest BCUT2D eigenvalue weighted by Crippen LogP contribution is -2.41. The lowest BCUT2D eigenvalue weighted by molar-refractivity contribution is 0.00578. The third-order valence-electron chi connectivity index (χ3n) is 6.71. The molecule has 0 aromatic heterocycles. The van der Waals surface area contributed by atoms with Crippen LogP contribution in [0.15, 0.2) is 102 Å². The fraction of sp³-hybridized carbons (Fsp3) is 0.200. The highest BCUT2D eigenvalue weighted by Gasteiger charge is 2.51. The molecule has 1 saturated heterocycles. The number of benzene rings is 4. The zero-order valence-corrected chi connectivity index (χ0v) is 22.5. The third kappa shape index (κ3) is 5.67. The van der Waals surface area contributed by atoms with Gasteiger partial charge in [0, 0.05) is 15.6 Å². The van der Waals surface area contributed by atoms with Gasteiger partial charge in [0.1, 0.15) is 11.5 Å². The van der Waals surface area contributed by atoms with Gasteiger partial charge in [0.05, 0.1) is 11.2 Å². The second-order valence-corrected chi connectivity index (χ2v) is 10.7. The molecular formula is C30H30BBrO4. The van der Waals surface area contributed by atoms with Gasteiger partial charge in [0.15, 0.2) is 0 Å². The number of aromatic hydroxyl groups is 2. The Balaban J connectivity index is 0.000000187. The number of para-hydroxylation sites is 2. The number of hydrogen-bond acceptors (Lipinski definition) is 4. The summed E-state index contributed by atoms with van der Waals surface area (Å²) in [5.41, 5.74) is 3.98. The largest absolute Gasteiger partial charge is 0.507 e. The molecule has 0 bridgehead atoms. The van der Waals surface area contributed by atoms with Gasteiger partial charge in [-0.2, -0.15) is 0 Å². The monoisotopic (exact) mass is 544 g/mol. The van der Waals surface area contributed by atoms with Crippen LogP contribution in [0.25, 0.3) is 22.3 Å². The van der Waals surface area contributed by atoms with Gasteiger partial charge in [-0.25, -0.2) is 0 Å². The topological polar surface area (TPSA) is 58.9 Å². The van der Waals surface area contributed by atoms with Crippen LogP contribution in [-0.4, -0.2) is 28.5 Å². The molecule has 184 valence electrons. The number of halogens is 1. The maximum atomic E-state index is 9.93. The van der Waals surface area contributed by atoms with Crippen LogP contribution in [0.2, 0.25) is 0 Å². The standard InChI is InChI=1S/C18H21BO3.C12H9BrO/c1-17(2)18(3,4)22-19(21-17)14-11-9-13(10-12-14)15-7-5-6-8-16(15)20;13-10-7-5-9(6-8-10)11-3-1-2-4-12(11)14/h5-12,20H,1-4H3;1-8,14H. The molecule has 0 unspecified atom stereocenters. The maximum absolute atomic E-state index is 9.93. The Labute approximate surface area is 221 Å². The molecule has 6 heteroatoms. The van der Waals surface area contributed by atoms with E-state index in [1.807, 2.05) is 113 Å². The highest BCUT2D eigenvalue weighted by molar-refractivity contribution is 9.10. The van der Waals surface area contributed by atoms with Gasteiger partial charge in [0.2, 0.25) is 0 Å². The Bertz CT molecular complexity index is 1300. The zero-order valence-electron chi connectivity index (χ0n) is 20.9. The fourth-order valence-electron chi connectivity index (χ4n) is 3.86. The number of phenols is 2. The summed E-state index contributed by atoms with van der Waals surface area (Å²) in [6, 6.07) is 30.5. The maximum Gasteiger partial charge on any atom is 0.494 e. The number of rotatable bonds is 3. The highest BCUT2D eigenvalue weighted by atomic mass is 79.9. The van der Waals surface area contributed by atoms with Gasteiger partial charge in [-0.1, -0.05) is 88.7 Å². The van der Waals surface area contributed by atoms with Crippen LogP contribution in [0.1, 0.15) is 27.7 Å². The van der Waals surface area contributed by atoms with Crippen molar-refractivity contribution < 1.29 is 19.5 Å². The normalized spacial score (nSPS) is 15.8. The van der Waals surface area contributed by atoms with Crippen molar-refractivity contribution in [3.63, 3.8) is 0 Å². The molecule has 1 fully saturated rings. The molecule has 0 atom stereocenters. The van der Waals surface area contributed by atoms with Gasteiger partial charge in [-0.15, -0.1) is 0 Å². The predicted octanol–water partition coefficient (Wildman–Crippen LogP) is 7.18. The molecule has 0 aliphatic carbocycles. The minimum atomic E-state index is -0.358. The average Bonchev–Trinajstić information content (AvgIpc) is 3.08. The van der Waals surface area contributed by atoms with Crippen molar-refractivity contribution in [2.24, 2.45) is 0 Å². The summed E-state index contributed by atoms with van der Waals surface area (Å²) in [6.45, 7) is 8.18. The summed E-state index contributed by atoms with van der Waals surface area (Å²) in [5, 5.41) is 19.6. The second-order valence-electron chi connectivity index (χ2n) is 9.75. The van der Waals surface area contributed by atoms with E-state index >= 15 is 0 Å². The molecule has 4 nitrogen and oxygen atoms in total. The van der Waals surface area contributed by atoms with E-state index < -0.39 is 0 Å². The molecule has 0 radical (unpaired) electrons. The highest BCUT2D eigenvalue weighted by Crippen LogP contribution is 2.37. The van der Waals surface area contributed by atoms with E-state index in [1.165, 1.54) is 0 Å². The summed E-state index contributed by atoms with van der Waals surface area (Å²) in [7, 11) is -0.358. The lowest BCUT2D eigenvalue weighted by atomic mass is 9.78. The Morgan fingerprint density at radius 1 is 0.583 bits per heavy atom. The third-order valence-corrected chi connectivity index (χ3v) is 7.24. The quantitative estimate of drug-likeness (QED) is 0.268. The van der Waals surface area contributed by atoms with E-state index in [-0.39, 0.29) is 24.1 Å². The Morgan fingerprint density at radius 2 is 0.972 bits per heavy atom.